The Hall–Kier alpha value is -2.87. The molecule has 1 aliphatic rings. The van der Waals surface area contributed by atoms with Crippen molar-refractivity contribution in [2.75, 3.05) is 38.7 Å². The zero-order valence-corrected chi connectivity index (χ0v) is 20.9. The molecule has 0 spiro atoms. The van der Waals surface area contributed by atoms with Gasteiger partial charge in [-0.05, 0) is 66.4 Å². The maximum absolute atomic E-state index is 13.1. The second kappa shape index (κ2) is 10.6. The summed E-state index contributed by atoms with van der Waals surface area (Å²) >= 11 is 0. The monoisotopic (exact) mass is 479 g/mol. The average molecular weight is 480 g/mol. The summed E-state index contributed by atoms with van der Waals surface area (Å²) in [6, 6.07) is 23.3. The summed E-state index contributed by atoms with van der Waals surface area (Å²) < 4.78 is 34.5. The molecule has 6 nitrogen and oxygen atoms in total. The number of benzene rings is 3. The normalized spacial score (nSPS) is 14.9. The first-order valence-corrected chi connectivity index (χ1v) is 13.2. The predicted molar refractivity (Wildman–Crippen MR) is 137 cm³/mol. The molecule has 0 aliphatic carbocycles. The number of sulfonamides is 1. The van der Waals surface area contributed by atoms with Crippen LogP contribution in [0.4, 0.5) is 5.69 Å². The van der Waals surface area contributed by atoms with Crippen LogP contribution in [0.15, 0.2) is 77.7 Å². The molecule has 3 aromatic rings. The van der Waals surface area contributed by atoms with Crippen LogP contribution in [0.3, 0.4) is 0 Å². The van der Waals surface area contributed by atoms with E-state index in [-0.39, 0.29) is 10.9 Å². The molecule has 34 heavy (non-hydrogen) atoms. The van der Waals surface area contributed by atoms with E-state index in [1.807, 2.05) is 21.0 Å². The zero-order chi connectivity index (χ0) is 24.1. The van der Waals surface area contributed by atoms with Crippen LogP contribution in [0.1, 0.15) is 29.7 Å². The Balaban J connectivity index is 1.56. The SMILES string of the molecule is CCOc1ccc(S(=O)(=O)NCC(c2ccc(N(C)C)cc2)N2CCc3ccccc3C2)cc1. The van der Waals surface area contributed by atoms with Crippen molar-refractivity contribution < 1.29 is 13.2 Å². The molecule has 0 bridgehead atoms. The quantitative estimate of drug-likeness (QED) is 0.498. The van der Waals surface area contributed by atoms with Gasteiger partial charge in [0.15, 0.2) is 0 Å². The van der Waals surface area contributed by atoms with E-state index < -0.39 is 10.0 Å². The van der Waals surface area contributed by atoms with E-state index in [0.29, 0.717) is 18.9 Å². The Kier molecular flexibility index (Phi) is 7.56. The highest BCUT2D eigenvalue weighted by molar-refractivity contribution is 7.89. The van der Waals surface area contributed by atoms with Crippen molar-refractivity contribution in [3.63, 3.8) is 0 Å². The topological polar surface area (TPSA) is 61.9 Å². The van der Waals surface area contributed by atoms with E-state index in [2.05, 4.69) is 63.1 Å². The summed E-state index contributed by atoms with van der Waals surface area (Å²) in [4.78, 5) is 4.67. The molecule has 180 valence electrons. The molecule has 1 aliphatic heterocycles. The van der Waals surface area contributed by atoms with Gasteiger partial charge in [0, 0.05) is 45.5 Å². The minimum Gasteiger partial charge on any atom is -0.494 e. The van der Waals surface area contributed by atoms with E-state index in [9.17, 15) is 8.42 Å². The Bertz CT molecular complexity index is 1190. The molecule has 3 aromatic carbocycles. The molecule has 0 saturated heterocycles. The smallest absolute Gasteiger partial charge is 0.240 e. The van der Waals surface area contributed by atoms with Crippen LogP contribution < -0.4 is 14.4 Å². The third kappa shape index (κ3) is 5.60. The molecular formula is C27H33N3O3S. The van der Waals surface area contributed by atoms with Crippen molar-refractivity contribution in [1.29, 1.82) is 0 Å². The van der Waals surface area contributed by atoms with Gasteiger partial charge in [0.05, 0.1) is 11.5 Å². The lowest BCUT2D eigenvalue weighted by Crippen LogP contribution is -2.40. The van der Waals surface area contributed by atoms with E-state index in [1.165, 1.54) is 11.1 Å². The van der Waals surface area contributed by atoms with Gasteiger partial charge in [-0.2, -0.15) is 0 Å². The van der Waals surface area contributed by atoms with Crippen LogP contribution in [0.2, 0.25) is 0 Å². The van der Waals surface area contributed by atoms with Crippen LogP contribution >= 0.6 is 0 Å². The number of fused-ring (bicyclic) bond motifs is 1. The minimum atomic E-state index is -3.66. The van der Waals surface area contributed by atoms with Crippen LogP contribution in [0.25, 0.3) is 0 Å². The molecular weight excluding hydrogens is 446 g/mol. The Labute approximate surface area is 203 Å². The number of hydrogen-bond acceptors (Lipinski definition) is 5. The summed E-state index contributed by atoms with van der Waals surface area (Å²) in [6.45, 7) is 4.40. The molecule has 7 heteroatoms. The molecule has 0 fully saturated rings. The van der Waals surface area contributed by atoms with Crippen LogP contribution in [-0.2, 0) is 23.0 Å². The number of rotatable bonds is 9. The largest absolute Gasteiger partial charge is 0.494 e. The second-order valence-electron chi connectivity index (χ2n) is 8.75. The van der Waals surface area contributed by atoms with Crippen molar-refractivity contribution in [2.24, 2.45) is 0 Å². The Morgan fingerprint density at radius 3 is 2.29 bits per heavy atom. The second-order valence-corrected chi connectivity index (χ2v) is 10.5. The first-order chi connectivity index (χ1) is 16.4. The fourth-order valence-electron chi connectivity index (χ4n) is 4.39. The van der Waals surface area contributed by atoms with Crippen molar-refractivity contribution in [2.45, 2.75) is 30.8 Å². The molecule has 0 radical (unpaired) electrons. The summed E-state index contributed by atoms with van der Waals surface area (Å²) in [5.41, 5.74) is 4.88. The van der Waals surface area contributed by atoms with Gasteiger partial charge in [0.25, 0.3) is 0 Å². The predicted octanol–water partition coefficient (Wildman–Crippen LogP) is 4.23. The first-order valence-electron chi connectivity index (χ1n) is 11.7. The lowest BCUT2D eigenvalue weighted by atomic mass is 9.96. The van der Waals surface area contributed by atoms with Gasteiger partial charge in [-0.25, -0.2) is 13.1 Å². The molecule has 1 N–H and O–H groups in total. The van der Waals surface area contributed by atoms with Crippen molar-refractivity contribution in [3.05, 3.63) is 89.5 Å². The van der Waals surface area contributed by atoms with Gasteiger partial charge in [0.2, 0.25) is 10.0 Å². The molecule has 0 saturated carbocycles. The number of ether oxygens (including phenoxy) is 1. The van der Waals surface area contributed by atoms with Crippen molar-refractivity contribution in [3.8, 4) is 5.75 Å². The molecule has 1 unspecified atom stereocenters. The van der Waals surface area contributed by atoms with E-state index in [1.54, 1.807) is 24.3 Å². The lowest BCUT2D eigenvalue weighted by molar-refractivity contribution is 0.180. The molecule has 0 amide bonds. The van der Waals surface area contributed by atoms with Crippen molar-refractivity contribution in [1.82, 2.24) is 9.62 Å². The number of nitrogens with zero attached hydrogens (tertiary/aromatic N) is 2. The Morgan fingerprint density at radius 2 is 1.65 bits per heavy atom. The van der Waals surface area contributed by atoms with Gasteiger partial charge < -0.3 is 9.64 Å². The van der Waals surface area contributed by atoms with E-state index in [4.69, 9.17) is 4.74 Å². The minimum absolute atomic E-state index is 0.0814. The highest BCUT2D eigenvalue weighted by Crippen LogP contribution is 2.29. The maximum Gasteiger partial charge on any atom is 0.240 e. The number of hydrogen-bond donors (Lipinski definition) is 1. The highest BCUT2D eigenvalue weighted by Gasteiger charge is 2.27. The average Bonchev–Trinajstić information content (AvgIpc) is 2.85. The summed E-state index contributed by atoms with van der Waals surface area (Å²) in [5.74, 6) is 0.660. The maximum atomic E-state index is 13.1. The van der Waals surface area contributed by atoms with Crippen LogP contribution in [0.5, 0.6) is 5.75 Å². The number of anilines is 1. The van der Waals surface area contributed by atoms with Crippen LogP contribution in [0, 0.1) is 0 Å². The molecule has 1 atom stereocenters. The van der Waals surface area contributed by atoms with Crippen molar-refractivity contribution >= 4 is 15.7 Å². The highest BCUT2D eigenvalue weighted by atomic mass is 32.2. The third-order valence-electron chi connectivity index (χ3n) is 6.31. The summed E-state index contributed by atoms with van der Waals surface area (Å²) in [5, 5.41) is 0. The molecule has 0 aromatic heterocycles. The Morgan fingerprint density at radius 1 is 0.971 bits per heavy atom. The fraction of sp³-hybridized carbons (Fsp3) is 0.333. The molecule has 4 rings (SSSR count). The van der Waals surface area contributed by atoms with E-state index >= 15 is 0 Å². The van der Waals surface area contributed by atoms with Crippen LogP contribution in [-0.4, -0.2) is 47.1 Å². The van der Waals surface area contributed by atoms with Gasteiger partial charge in [-0.3, -0.25) is 4.90 Å². The standard InChI is InChI=1S/C27H33N3O3S/c1-4-33-25-13-15-26(16-14-25)34(31,32)28-19-27(22-9-11-24(12-10-22)29(2)3)30-18-17-21-7-5-6-8-23(21)20-30/h5-16,27-28H,4,17-20H2,1-3H3. The fourth-order valence-corrected chi connectivity index (χ4v) is 5.43. The number of nitrogens with one attached hydrogen (secondary N) is 1. The van der Waals surface area contributed by atoms with Gasteiger partial charge >= 0.3 is 0 Å². The zero-order valence-electron chi connectivity index (χ0n) is 20.1. The van der Waals surface area contributed by atoms with E-state index in [0.717, 1.165) is 30.8 Å². The van der Waals surface area contributed by atoms with Gasteiger partial charge in [0.1, 0.15) is 5.75 Å². The summed E-state index contributed by atoms with van der Waals surface area (Å²) in [6.07, 6.45) is 0.952. The molecule has 1 heterocycles. The van der Waals surface area contributed by atoms with Gasteiger partial charge in [-0.1, -0.05) is 36.4 Å². The third-order valence-corrected chi connectivity index (χ3v) is 7.75. The van der Waals surface area contributed by atoms with Gasteiger partial charge in [-0.15, -0.1) is 0 Å². The first kappa shape index (κ1) is 24.3. The summed E-state index contributed by atoms with van der Waals surface area (Å²) in [7, 11) is 0.370. The lowest BCUT2D eigenvalue weighted by Gasteiger charge is -2.36.